The van der Waals surface area contributed by atoms with E-state index in [-0.39, 0.29) is 11.7 Å². The van der Waals surface area contributed by atoms with Crippen LogP contribution >= 0.6 is 11.6 Å². The van der Waals surface area contributed by atoms with Gasteiger partial charge in [0, 0.05) is 16.3 Å². The van der Waals surface area contributed by atoms with Crippen LogP contribution in [0.15, 0.2) is 42.5 Å². The number of carbonyl (C=O) groups excluding carboxylic acids is 1. The van der Waals surface area contributed by atoms with Gasteiger partial charge in [0.25, 0.3) is 5.91 Å². The van der Waals surface area contributed by atoms with Gasteiger partial charge in [-0.05, 0) is 42.8 Å². The Bertz CT molecular complexity index is 596. The molecule has 0 aliphatic heterocycles. The summed E-state index contributed by atoms with van der Waals surface area (Å²) in [5.74, 6) is -0.226. The van der Waals surface area contributed by atoms with Crippen molar-refractivity contribution in [2.45, 2.75) is 6.92 Å². The Kier molecular flexibility index (Phi) is 3.53. The van der Waals surface area contributed by atoms with Crippen molar-refractivity contribution in [1.29, 1.82) is 0 Å². The van der Waals surface area contributed by atoms with Gasteiger partial charge in [-0.15, -0.1) is 0 Å². The number of nitrogens with one attached hydrogen (secondary N) is 1. The zero-order chi connectivity index (χ0) is 13.1. The van der Waals surface area contributed by atoms with E-state index in [1.807, 2.05) is 13.0 Å². The number of phenolic OH excluding ortho intramolecular Hbond substituents is 1. The van der Waals surface area contributed by atoms with E-state index >= 15 is 0 Å². The number of halogens is 1. The minimum absolute atomic E-state index is 0.0598. The first kappa shape index (κ1) is 12.5. The second-order valence-corrected chi connectivity index (χ2v) is 4.38. The van der Waals surface area contributed by atoms with Gasteiger partial charge in [-0.2, -0.15) is 0 Å². The van der Waals surface area contributed by atoms with Gasteiger partial charge < -0.3 is 10.4 Å². The topological polar surface area (TPSA) is 49.3 Å². The highest BCUT2D eigenvalue weighted by atomic mass is 35.5. The number of anilines is 1. The van der Waals surface area contributed by atoms with E-state index in [1.54, 1.807) is 24.3 Å². The van der Waals surface area contributed by atoms with E-state index in [1.165, 1.54) is 12.1 Å². The number of hydrogen-bond acceptors (Lipinski definition) is 2. The third-order valence-electron chi connectivity index (χ3n) is 2.54. The molecular weight excluding hydrogens is 250 g/mol. The Hall–Kier alpha value is -2.00. The van der Waals surface area contributed by atoms with Gasteiger partial charge in [0.05, 0.1) is 0 Å². The Morgan fingerprint density at radius 1 is 1.22 bits per heavy atom. The number of aryl methyl sites for hydroxylation is 1. The molecule has 0 fully saturated rings. The van der Waals surface area contributed by atoms with Crippen LogP contribution in [0, 0.1) is 6.92 Å². The molecule has 0 bridgehead atoms. The summed E-state index contributed by atoms with van der Waals surface area (Å²) >= 11 is 5.98. The maximum Gasteiger partial charge on any atom is 0.255 e. The molecule has 2 N–H and O–H groups in total. The fourth-order valence-electron chi connectivity index (χ4n) is 1.52. The molecule has 0 heterocycles. The van der Waals surface area contributed by atoms with Crippen molar-refractivity contribution >= 4 is 23.2 Å². The van der Waals surface area contributed by atoms with Crippen LogP contribution in [0.25, 0.3) is 0 Å². The van der Waals surface area contributed by atoms with Crippen molar-refractivity contribution in [1.82, 2.24) is 0 Å². The van der Waals surface area contributed by atoms with Crippen LogP contribution in [0.3, 0.4) is 0 Å². The van der Waals surface area contributed by atoms with Crippen molar-refractivity contribution in [2.75, 3.05) is 5.32 Å². The van der Waals surface area contributed by atoms with Gasteiger partial charge in [-0.3, -0.25) is 4.79 Å². The molecule has 0 saturated heterocycles. The summed E-state index contributed by atoms with van der Waals surface area (Å²) in [6.45, 7) is 1.89. The molecule has 2 aromatic carbocycles. The zero-order valence-corrected chi connectivity index (χ0v) is 10.5. The number of benzene rings is 2. The molecular formula is C14H12ClNO2. The molecule has 0 radical (unpaired) electrons. The Labute approximate surface area is 110 Å². The van der Waals surface area contributed by atoms with Crippen LogP contribution in [-0.2, 0) is 0 Å². The van der Waals surface area contributed by atoms with Gasteiger partial charge in [-0.1, -0.05) is 23.7 Å². The number of phenols is 1. The zero-order valence-electron chi connectivity index (χ0n) is 9.77. The first-order chi connectivity index (χ1) is 8.56. The van der Waals surface area contributed by atoms with Crippen LogP contribution in [0.2, 0.25) is 5.02 Å². The largest absolute Gasteiger partial charge is 0.508 e. The summed E-state index contributed by atoms with van der Waals surface area (Å²) in [7, 11) is 0. The lowest BCUT2D eigenvalue weighted by molar-refractivity contribution is 0.102. The van der Waals surface area contributed by atoms with Gasteiger partial charge >= 0.3 is 0 Å². The molecule has 3 nitrogen and oxygen atoms in total. The SMILES string of the molecule is Cc1ccc(NC(=O)c2cccc(O)c2)cc1Cl. The molecule has 0 spiro atoms. The number of rotatable bonds is 2. The Morgan fingerprint density at radius 2 is 2.00 bits per heavy atom. The van der Waals surface area contributed by atoms with Crippen molar-refractivity contribution in [3.63, 3.8) is 0 Å². The predicted molar refractivity (Wildman–Crippen MR) is 72.2 cm³/mol. The summed E-state index contributed by atoms with van der Waals surface area (Å²) in [5.41, 5.74) is 1.97. The Morgan fingerprint density at radius 3 is 2.67 bits per heavy atom. The van der Waals surface area contributed by atoms with Crippen LogP contribution in [0.1, 0.15) is 15.9 Å². The van der Waals surface area contributed by atoms with E-state index in [2.05, 4.69) is 5.32 Å². The predicted octanol–water partition coefficient (Wildman–Crippen LogP) is 3.61. The first-order valence-corrected chi connectivity index (χ1v) is 5.80. The third-order valence-corrected chi connectivity index (χ3v) is 2.95. The van der Waals surface area contributed by atoms with Crippen molar-refractivity contribution in [3.05, 3.63) is 58.6 Å². The summed E-state index contributed by atoms with van der Waals surface area (Å²) in [6.07, 6.45) is 0. The molecule has 0 aliphatic carbocycles. The molecule has 2 rings (SSSR count). The molecule has 1 amide bonds. The first-order valence-electron chi connectivity index (χ1n) is 5.43. The monoisotopic (exact) mass is 261 g/mol. The van der Waals surface area contributed by atoms with Gasteiger partial charge in [0.15, 0.2) is 0 Å². The van der Waals surface area contributed by atoms with E-state index in [4.69, 9.17) is 11.6 Å². The van der Waals surface area contributed by atoms with Crippen molar-refractivity contribution < 1.29 is 9.90 Å². The highest BCUT2D eigenvalue weighted by molar-refractivity contribution is 6.31. The van der Waals surface area contributed by atoms with Gasteiger partial charge in [0.1, 0.15) is 5.75 Å². The fourth-order valence-corrected chi connectivity index (χ4v) is 1.70. The fraction of sp³-hybridized carbons (Fsp3) is 0.0714. The average Bonchev–Trinajstić information content (AvgIpc) is 2.34. The minimum atomic E-state index is -0.286. The Balaban J connectivity index is 2.18. The molecule has 0 aromatic heterocycles. The highest BCUT2D eigenvalue weighted by Gasteiger charge is 2.07. The summed E-state index contributed by atoms with van der Waals surface area (Å²) < 4.78 is 0. The normalized spacial score (nSPS) is 10.1. The minimum Gasteiger partial charge on any atom is -0.508 e. The lowest BCUT2D eigenvalue weighted by atomic mass is 10.2. The standard InChI is InChI=1S/C14H12ClNO2/c1-9-5-6-11(8-13(9)15)16-14(18)10-3-2-4-12(17)7-10/h2-8,17H,1H3,(H,16,18). The van der Waals surface area contributed by atoms with Gasteiger partial charge in [0.2, 0.25) is 0 Å². The number of amides is 1. The van der Waals surface area contributed by atoms with Crippen LogP contribution < -0.4 is 5.32 Å². The van der Waals surface area contributed by atoms with Crippen LogP contribution in [0.5, 0.6) is 5.75 Å². The van der Waals surface area contributed by atoms with Crippen molar-refractivity contribution in [3.8, 4) is 5.75 Å². The van der Waals surface area contributed by atoms with E-state index in [9.17, 15) is 9.90 Å². The smallest absolute Gasteiger partial charge is 0.255 e. The molecule has 0 atom stereocenters. The van der Waals surface area contributed by atoms with E-state index in [0.29, 0.717) is 16.3 Å². The van der Waals surface area contributed by atoms with E-state index in [0.717, 1.165) is 5.56 Å². The molecule has 4 heteroatoms. The summed E-state index contributed by atoms with van der Waals surface area (Å²) in [4.78, 5) is 11.9. The molecule has 92 valence electrons. The average molecular weight is 262 g/mol. The quantitative estimate of drug-likeness (QED) is 0.868. The highest BCUT2D eigenvalue weighted by Crippen LogP contribution is 2.21. The second kappa shape index (κ2) is 5.10. The summed E-state index contributed by atoms with van der Waals surface area (Å²) in [5, 5.41) is 12.6. The molecule has 2 aromatic rings. The number of hydrogen-bond donors (Lipinski definition) is 2. The maximum atomic E-state index is 11.9. The molecule has 18 heavy (non-hydrogen) atoms. The van der Waals surface area contributed by atoms with Gasteiger partial charge in [-0.25, -0.2) is 0 Å². The van der Waals surface area contributed by atoms with E-state index < -0.39 is 0 Å². The molecule has 0 saturated carbocycles. The second-order valence-electron chi connectivity index (χ2n) is 3.97. The number of aromatic hydroxyl groups is 1. The van der Waals surface area contributed by atoms with Crippen LogP contribution in [0.4, 0.5) is 5.69 Å². The maximum absolute atomic E-state index is 11.9. The molecule has 0 aliphatic rings. The lowest BCUT2D eigenvalue weighted by Crippen LogP contribution is -2.11. The molecule has 0 unspecified atom stereocenters. The number of carbonyl (C=O) groups is 1. The lowest BCUT2D eigenvalue weighted by Gasteiger charge is -2.07. The van der Waals surface area contributed by atoms with Crippen molar-refractivity contribution in [2.24, 2.45) is 0 Å². The van der Waals surface area contributed by atoms with Crippen LogP contribution in [-0.4, -0.2) is 11.0 Å². The summed E-state index contributed by atoms with van der Waals surface area (Å²) in [6, 6.07) is 11.5. The third kappa shape index (κ3) is 2.81.